The zero-order valence-corrected chi connectivity index (χ0v) is 24.2. The Morgan fingerprint density at radius 1 is 1.22 bits per heavy atom. The van der Waals surface area contributed by atoms with Gasteiger partial charge < -0.3 is 15.4 Å². The number of ether oxygens (including phenoxy) is 1. The lowest BCUT2D eigenvalue weighted by atomic mass is 9.94. The SMILES string of the molecule is C=CC(=O)N1CCC(n2nc(-c3ccc4nn(CCOC)cc4c3)c(-c3c(Cl)c(C)cc4[nH]nc(N)c34)c2C)CC1. The number of aryl methyl sites for hydroxylation is 1. The van der Waals surface area contributed by atoms with Gasteiger partial charge in [0.05, 0.1) is 40.6 Å². The molecule has 1 aliphatic rings. The second kappa shape index (κ2) is 10.7. The van der Waals surface area contributed by atoms with Gasteiger partial charge in [0.1, 0.15) is 5.69 Å². The Kier molecular flexibility index (Phi) is 7.04. The third kappa shape index (κ3) is 4.66. The quantitative estimate of drug-likeness (QED) is 0.256. The molecule has 5 aromatic rings. The van der Waals surface area contributed by atoms with E-state index >= 15 is 0 Å². The molecule has 6 rings (SSSR count). The van der Waals surface area contributed by atoms with E-state index in [1.807, 2.05) is 34.8 Å². The number of amides is 1. The molecule has 3 aromatic heterocycles. The first-order valence-electron chi connectivity index (χ1n) is 13.7. The van der Waals surface area contributed by atoms with Crippen LogP contribution in [0.2, 0.25) is 5.02 Å². The normalized spacial score (nSPS) is 14.4. The zero-order chi connectivity index (χ0) is 28.8. The lowest BCUT2D eigenvalue weighted by Crippen LogP contribution is -2.38. The van der Waals surface area contributed by atoms with Gasteiger partial charge >= 0.3 is 0 Å². The number of nitrogens with two attached hydrogens (primary N) is 1. The largest absolute Gasteiger partial charge is 0.383 e. The van der Waals surface area contributed by atoms with E-state index in [4.69, 9.17) is 27.2 Å². The van der Waals surface area contributed by atoms with Crippen LogP contribution in [0.3, 0.4) is 0 Å². The fourth-order valence-electron chi connectivity index (χ4n) is 5.92. The molecule has 4 heterocycles. The van der Waals surface area contributed by atoms with Crippen LogP contribution in [0.25, 0.3) is 44.2 Å². The molecule has 0 bridgehead atoms. The van der Waals surface area contributed by atoms with Crippen molar-refractivity contribution < 1.29 is 9.53 Å². The van der Waals surface area contributed by atoms with Crippen LogP contribution in [0.4, 0.5) is 5.82 Å². The van der Waals surface area contributed by atoms with Gasteiger partial charge in [-0.2, -0.15) is 15.3 Å². The number of methoxy groups -OCH3 is 1. The summed E-state index contributed by atoms with van der Waals surface area (Å²) in [6.45, 7) is 10.2. The van der Waals surface area contributed by atoms with Gasteiger partial charge in [-0.05, 0) is 56.5 Å². The van der Waals surface area contributed by atoms with Gasteiger partial charge in [0.2, 0.25) is 5.91 Å². The number of aromatic nitrogens is 6. The number of halogens is 1. The highest BCUT2D eigenvalue weighted by Crippen LogP contribution is 2.46. The van der Waals surface area contributed by atoms with E-state index in [9.17, 15) is 4.79 Å². The summed E-state index contributed by atoms with van der Waals surface area (Å²) in [6.07, 6.45) is 4.98. The number of nitrogen functional groups attached to an aromatic ring is 1. The minimum Gasteiger partial charge on any atom is -0.383 e. The van der Waals surface area contributed by atoms with Crippen molar-refractivity contribution in [2.75, 3.05) is 32.5 Å². The van der Waals surface area contributed by atoms with E-state index in [1.54, 1.807) is 7.11 Å². The Balaban J connectivity index is 1.53. The molecular weight excluding hydrogens is 540 g/mol. The number of benzene rings is 2. The van der Waals surface area contributed by atoms with E-state index in [0.717, 1.165) is 68.3 Å². The fourth-order valence-corrected chi connectivity index (χ4v) is 6.16. The molecule has 0 aliphatic carbocycles. The van der Waals surface area contributed by atoms with Crippen molar-refractivity contribution in [1.82, 2.24) is 34.7 Å². The van der Waals surface area contributed by atoms with Crippen LogP contribution in [-0.2, 0) is 16.1 Å². The summed E-state index contributed by atoms with van der Waals surface area (Å²) in [6, 6.07) is 8.28. The number of aromatic amines is 1. The van der Waals surface area contributed by atoms with Crippen LogP contribution >= 0.6 is 11.6 Å². The number of hydrogen-bond donors (Lipinski definition) is 2. The van der Waals surface area contributed by atoms with E-state index in [0.29, 0.717) is 37.1 Å². The highest BCUT2D eigenvalue weighted by Gasteiger charge is 2.30. The number of piperidine rings is 1. The number of nitrogens with one attached hydrogen (secondary N) is 1. The first kappa shape index (κ1) is 27.0. The van der Waals surface area contributed by atoms with Crippen LogP contribution in [0, 0.1) is 13.8 Å². The molecule has 0 spiro atoms. The molecule has 0 saturated carbocycles. The molecule has 41 heavy (non-hydrogen) atoms. The third-order valence-electron chi connectivity index (χ3n) is 8.05. The maximum Gasteiger partial charge on any atom is 0.245 e. The second-order valence-corrected chi connectivity index (χ2v) is 11.0. The number of rotatable bonds is 7. The Morgan fingerprint density at radius 2 is 2.00 bits per heavy atom. The molecule has 212 valence electrons. The van der Waals surface area contributed by atoms with Gasteiger partial charge in [-0.1, -0.05) is 24.2 Å². The molecule has 1 fully saturated rings. The fraction of sp³-hybridized carbons (Fsp3) is 0.333. The molecule has 3 N–H and O–H groups in total. The molecule has 1 aliphatic heterocycles. The van der Waals surface area contributed by atoms with Crippen LogP contribution in [0.5, 0.6) is 0 Å². The lowest BCUT2D eigenvalue weighted by Gasteiger charge is -2.32. The summed E-state index contributed by atoms with van der Waals surface area (Å²) in [5, 5.41) is 19.7. The maximum atomic E-state index is 12.2. The number of H-pyrrole nitrogens is 1. The van der Waals surface area contributed by atoms with Gasteiger partial charge in [0, 0.05) is 54.2 Å². The van der Waals surface area contributed by atoms with Crippen molar-refractivity contribution in [3.05, 3.63) is 59.4 Å². The van der Waals surface area contributed by atoms with Gasteiger partial charge in [0.25, 0.3) is 0 Å². The monoisotopic (exact) mass is 572 g/mol. The standard InChI is InChI=1S/C30H33ClN8O2/c1-5-24(40)37-10-8-21(9-11-37)39-18(3)25(27-26-23(33-34-30(26)32)14-17(2)28(27)31)29(36-39)19-6-7-22-20(15-19)16-38(35-22)12-13-41-4/h5-7,14-16,21H,1,8-13H2,2-4H3,(H3,32,33,34). The number of carbonyl (C=O) groups excluding carboxylic acids is 1. The molecule has 1 amide bonds. The minimum absolute atomic E-state index is 0.0364. The number of likely N-dealkylation sites (tertiary alicyclic amines) is 1. The van der Waals surface area contributed by atoms with Crippen molar-refractivity contribution >= 4 is 45.1 Å². The van der Waals surface area contributed by atoms with Crippen molar-refractivity contribution in [2.24, 2.45) is 0 Å². The number of anilines is 1. The molecule has 1 saturated heterocycles. The van der Waals surface area contributed by atoms with Crippen LogP contribution in [-0.4, -0.2) is 67.4 Å². The summed E-state index contributed by atoms with van der Waals surface area (Å²) in [4.78, 5) is 14.0. The summed E-state index contributed by atoms with van der Waals surface area (Å²) < 4.78 is 9.23. The summed E-state index contributed by atoms with van der Waals surface area (Å²) in [5.74, 6) is 0.354. The van der Waals surface area contributed by atoms with Crippen LogP contribution in [0.1, 0.15) is 30.1 Å². The van der Waals surface area contributed by atoms with Gasteiger partial charge in [-0.3, -0.25) is 19.3 Å². The molecule has 11 heteroatoms. The number of fused-ring (bicyclic) bond motifs is 2. The van der Waals surface area contributed by atoms with Gasteiger partial charge in [-0.15, -0.1) is 0 Å². The average Bonchev–Trinajstić information content (AvgIpc) is 3.66. The van der Waals surface area contributed by atoms with Gasteiger partial charge in [0.15, 0.2) is 5.82 Å². The highest BCUT2D eigenvalue weighted by atomic mass is 35.5. The van der Waals surface area contributed by atoms with Crippen LogP contribution < -0.4 is 5.73 Å². The van der Waals surface area contributed by atoms with Crippen molar-refractivity contribution in [2.45, 2.75) is 39.3 Å². The van der Waals surface area contributed by atoms with Gasteiger partial charge in [-0.25, -0.2) is 0 Å². The molecular formula is C30H33ClN8O2. The summed E-state index contributed by atoms with van der Waals surface area (Å²) >= 11 is 7.07. The first-order valence-corrected chi connectivity index (χ1v) is 14.1. The number of carbonyl (C=O) groups is 1. The summed E-state index contributed by atoms with van der Waals surface area (Å²) in [7, 11) is 1.68. The van der Waals surface area contributed by atoms with E-state index < -0.39 is 0 Å². The third-order valence-corrected chi connectivity index (χ3v) is 8.53. The smallest absolute Gasteiger partial charge is 0.245 e. The van der Waals surface area contributed by atoms with Crippen molar-refractivity contribution in [3.8, 4) is 22.4 Å². The zero-order valence-electron chi connectivity index (χ0n) is 23.4. The molecule has 0 unspecified atom stereocenters. The molecule has 0 atom stereocenters. The molecule has 0 radical (unpaired) electrons. The number of nitrogens with zero attached hydrogens (tertiary/aromatic N) is 6. The van der Waals surface area contributed by atoms with Crippen LogP contribution in [0.15, 0.2) is 43.1 Å². The van der Waals surface area contributed by atoms with Crippen molar-refractivity contribution in [1.29, 1.82) is 0 Å². The predicted molar refractivity (Wildman–Crippen MR) is 162 cm³/mol. The molecule has 10 nitrogen and oxygen atoms in total. The average molecular weight is 573 g/mol. The topological polar surface area (TPSA) is 120 Å². The first-order chi connectivity index (χ1) is 19.8. The predicted octanol–water partition coefficient (Wildman–Crippen LogP) is 5.29. The second-order valence-electron chi connectivity index (χ2n) is 10.6. The Bertz CT molecular complexity index is 1790. The van der Waals surface area contributed by atoms with E-state index in [2.05, 4.69) is 45.6 Å². The Labute approximate surface area is 242 Å². The van der Waals surface area contributed by atoms with E-state index in [-0.39, 0.29) is 11.9 Å². The van der Waals surface area contributed by atoms with Crippen molar-refractivity contribution in [3.63, 3.8) is 0 Å². The summed E-state index contributed by atoms with van der Waals surface area (Å²) in [5.41, 5.74) is 13.5. The Hall–Kier alpha value is -4.15. The molecule has 2 aromatic carbocycles. The number of hydrogen-bond acceptors (Lipinski definition) is 6. The Morgan fingerprint density at radius 3 is 2.73 bits per heavy atom. The van der Waals surface area contributed by atoms with E-state index in [1.165, 1.54) is 6.08 Å². The maximum absolute atomic E-state index is 12.2. The lowest BCUT2D eigenvalue weighted by molar-refractivity contribution is -0.127. The minimum atomic E-state index is -0.0364. The highest BCUT2D eigenvalue weighted by molar-refractivity contribution is 6.36.